The Balaban J connectivity index is 1.07. The topological polar surface area (TPSA) is 29.5 Å². The number of rotatable bonds is 5. The highest BCUT2D eigenvalue weighted by Gasteiger charge is 2.37. The molecule has 9 aromatic carbocycles. The Labute approximate surface area is 366 Å². The fraction of sp³-hybridized carbons (Fsp3) is 0.100. The quantitative estimate of drug-likeness (QED) is 0.173. The van der Waals surface area contributed by atoms with Gasteiger partial charge in [-0.05, 0) is 146 Å². The molecule has 300 valence electrons. The number of nitrogens with zero attached hydrogens (tertiary/aromatic N) is 1. The van der Waals surface area contributed by atoms with Crippen LogP contribution in [0.2, 0.25) is 0 Å². The molecule has 0 amide bonds. The van der Waals surface area contributed by atoms with Crippen molar-refractivity contribution < 1.29 is 8.83 Å². The third kappa shape index (κ3) is 5.26. The molecule has 3 nitrogen and oxygen atoms in total. The summed E-state index contributed by atoms with van der Waals surface area (Å²) in [6.45, 7) is 9.45. The van der Waals surface area contributed by atoms with E-state index in [1.54, 1.807) is 0 Å². The maximum atomic E-state index is 6.37. The molecular formula is C60H43NO2. The van der Waals surface area contributed by atoms with Crippen molar-refractivity contribution in [2.75, 3.05) is 4.90 Å². The Morgan fingerprint density at radius 3 is 1.21 bits per heavy atom. The summed E-state index contributed by atoms with van der Waals surface area (Å²) in [4.78, 5) is 2.41. The fourth-order valence-corrected chi connectivity index (χ4v) is 11.0. The highest BCUT2D eigenvalue weighted by molar-refractivity contribution is 6.08. The van der Waals surface area contributed by atoms with Crippen LogP contribution in [0.25, 0.3) is 88.4 Å². The summed E-state index contributed by atoms with van der Waals surface area (Å²) in [6, 6.07) is 69.0. The molecule has 2 aliphatic rings. The average molecular weight is 810 g/mol. The maximum absolute atomic E-state index is 6.37. The van der Waals surface area contributed by atoms with Crippen molar-refractivity contribution in [3.63, 3.8) is 0 Å². The number of fused-ring (bicyclic) bond motifs is 12. The van der Waals surface area contributed by atoms with Gasteiger partial charge >= 0.3 is 0 Å². The van der Waals surface area contributed by atoms with Gasteiger partial charge in [0.05, 0.1) is 0 Å². The summed E-state index contributed by atoms with van der Waals surface area (Å²) in [5, 5.41) is 4.37. The minimum Gasteiger partial charge on any atom is -0.456 e. The van der Waals surface area contributed by atoms with E-state index in [-0.39, 0.29) is 10.8 Å². The van der Waals surface area contributed by atoms with Gasteiger partial charge < -0.3 is 13.7 Å². The number of hydrogen-bond donors (Lipinski definition) is 0. The SMILES string of the molecule is CC1(C)c2ccccc2-c2ccc(-c3cc(-c4ccc5c(c4)C(C)(C)c4ccccc4-5)cc(N(c4ccc5oc6ccccc6c5c4)c4ccc5oc6ccccc6c5c4)c3)cc21. The van der Waals surface area contributed by atoms with E-state index in [0.717, 1.165) is 72.1 Å². The minimum atomic E-state index is -0.124. The summed E-state index contributed by atoms with van der Waals surface area (Å²) in [5.41, 5.74) is 21.9. The first-order chi connectivity index (χ1) is 30.7. The molecule has 0 bridgehead atoms. The summed E-state index contributed by atoms with van der Waals surface area (Å²) in [6.07, 6.45) is 0. The summed E-state index contributed by atoms with van der Waals surface area (Å²) >= 11 is 0. The molecule has 0 saturated carbocycles. The van der Waals surface area contributed by atoms with E-state index in [9.17, 15) is 0 Å². The summed E-state index contributed by atoms with van der Waals surface area (Å²) < 4.78 is 12.7. The van der Waals surface area contributed by atoms with Crippen LogP contribution in [-0.2, 0) is 10.8 Å². The molecule has 11 aromatic rings. The average Bonchev–Trinajstić information content (AvgIpc) is 4.01. The molecule has 2 heterocycles. The van der Waals surface area contributed by atoms with E-state index < -0.39 is 0 Å². The minimum absolute atomic E-state index is 0.124. The lowest BCUT2D eigenvalue weighted by atomic mass is 9.81. The Morgan fingerprint density at radius 1 is 0.302 bits per heavy atom. The summed E-state index contributed by atoms with van der Waals surface area (Å²) in [7, 11) is 0. The van der Waals surface area contributed by atoms with Crippen LogP contribution in [0, 0.1) is 0 Å². The molecule has 0 radical (unpaired) electrons. The van der Waals surface area contributed by atoms with Crippen LogP contribution in [0.3, 0.4) is 0 Å². The van der Waals surface area contributed by atoms with Gasteiger partial charge in [0.2, 0.25) is 0 Å². The number of anilines is 3. The van der Waals surface area contributed by atoms with Crippen molar-refractivity contribution >= 4 is 60.9 Å². The first kappa shape index (κ1) is 36.1. The van der Waals surface area contributed by atoms with Gasteiger partial charge in [0.15, 0.2) is 0 Å². The summed E-state index contributed by atoms with van der Waals surface area (Å²) in [5.74, 6) is 0. The Hall–Kier alpha value is -7.62. The zero-order valence-electron chi connectivity index (χ0n) is 35.7. The second-order valence-electron chi connectivity index (χ2n) is 18.5. The molecule has 0 spiro atoms. The predicted octanol–water partition coefficient (Wildman–Crippen LogP) is 16.9. The van der Waals surface area contributed by atoms with Gasteiger partial charge in [0, 0.05) is 49.4 Å². The molecule has 0 N–H and O–H groups in total. The third-order valence-corrected chi connectivity index (χ3v) is 14.2. The highest BCUT2D eigenvalue weighted by Crippen LogP contribution is 2.52. The third-order valence-electron chi connectivity index (χ3n) is 14.2. The van der Waals surface area contributed by atoms with Gasteiger partial charge in [-0.1, -0.05) is 137 Å². The zero-order valence-corrected chi connectivity index (χ0v) is 35.7. The number of para-hydroxylation sites is 2. The lowest BCUT2D eigenvalue weighted by molar-refractivity contribution is 0.660. The number of benzene rings is 9. The van der Waals surface area contributed by atoms with Crippen molar-refractivity contribution in [3.8, 4) is 44.5 Å². The second-order valence-corrected chi connectivity index (χ2v) is 18.5. The zero-order chi connectivity index (χ0) is 42.2. The Bertz CT molecular complexity index is 3470. The van der Waals surface area contributed by atoms with Crippen molar-refractivity contribution in [3.05, 3.63) is 210 Å². The molecule has 2 aromatic heterocycles. The van der Waals surface area contributed by atoms with E-state index in [2.05, 4.69) is 196 Å². The maximum Gasteiger partial charge on any atom is 0.135 e. The molecular weight excluding hydrogens is 767 g/mol. The monoisotopic (exact) mass is 809 g/mol. The smallest absolute Gasteiger partial charge is 0.135 e. The first-order valence-electron chi connectivity index (χ1n) is 22.0. The van der Waals surface area contributed by atoms with E-state index in [1.165, 1.54) is 55.6 Å². The lowest BCUT2D eigenvalue weighted by Gasteiger charge is -2.27. The van der Waals surface area contributed by atoms with E-state index in [4.69, 9.17) is 8.83 Å². The first-order valence-corrected chi connectivity index (χ1v) is 22.0. The van der Waals surface area contributed by atoms with Gasteiger partial charge in [-0.3, -0.25) is 0 Å². The van der Waals surface area contributed by atoms with Crippen molar-refractivity contribution in [2.24, 2.45) is 0 Å². The molecule has 2 aliphatic carbocycles. The van der Waals surface area contributed by atoms with Gasteiger partial charge in [-0.2, -0.15) is 0 Å². The van der Waals surface area contributed by atoms with Crippen LogP contribution in [0.15, 0.2) is 197 Å². The van der Waals surface area contributed by atoms with E-state index in [0.29, 0.717) is 0 Å². The van der Waals surface area contributed by atoms with Crippen LogP contribution in [0.4, 0.5) is 17.1 Å². The molecule has 0 unspecified atom stereocenters. The molecule has 0 aliphatic heterocycles. The van der Waals surface area contributed by atoms with Gasteiger partial charge in [0.1, 0.15) is 22.3 Å². The van der Waals surface area contributed by atoms with E-state index in [1.807, 2.05) is 24.3 Å². The standard InChI is InChI=1S/C60H43NO2/c1-59(2)51-17-9-5-13-43(51)45-25-21-36(32-53(45)59)38-29-39(37-22-26-46-44-14-6-10-18-52(44)60(3,4)54(46)33-37)31-42(30-38)61(40-23-27-57-49(34-40)47-15-7-11-19-55(47)62-57)41-24-28-58-50(35-41)48-16-8-12-20-56(48)63-58/h5-35H,1-4H3. The molecule has 0 saturated heterocycles. The van der Waals surface area contributed by atoms with Crippen LogP contribution >= 0.6 is 0 Å². The van der Waals surface area contributed by atoms with Crippen LogP contribution in [-0.4, -0.2) is 0 Å². The predicted molar refractivity (Wildman–Crippen MR) is 262 cm³/mol. The van der Waals surface area contributed by atoms with Crippen LogP contribution in [0.5, 0.6) is 0 Å². The molecule has 0 atom stereocenters. The van der Waals surface area contributed by atoms with Crippen molar-refractivity contribution in [1.82, 2.24) is 0 Å². The van der Waals surface area contributed by atoms with E-state index >= 15 is 0 Å². The fourth-order valence-electron chi connectivity index (χ4n) is 11.0. The number of furan rings is 2. The van der Waals surface area contributed by atoms with Crippen LogP contribution in [0.1, 0.15) is 49.9 Å². The van der Waals surface area contributed by atoms with Crippen LogP contribution < -0.4 is 4.90 Å². The van der Waals surface area contributed by atoms with Gasteiger partial charge in [-0.15, -0.1) is 0 Å². The van der Waals surface area contributed by atoms with Crippen molar-refractivity contribution in [2.45, 2.75) is 38.5 Å². The largest absolute Gasteiger partial charge is 0.456 e. The molecule has 3 heteroatoms. The normalized spacial score (nSPS) is 14.3. The Kier molecular flexibility index (Phi) is 7.42. The molecule has 63 heavy (non-hydrogen) atoms. The number of hydrogen-bond acceptors (Lipinski definition) is 3. The van der Waals surface area contributed by atoms with Crippen molar-refractivity contribution in [1.29, 1.82) is 0 Å². The Morgan fingerprint density at radius 2 is 0.714 bits per heavy atom. The lowest BCUT2D eigenvalue weighted by Crippen LogP contribution is -2.15. The second kappa shape index (κ2) is 13.0. The molecule has 13 rings (SSSR count). The van der Waals surface area contributed by atoms with Gasteiger partial charge in [0.25, 0.3) is 0 Å². The highest BCUT2D eigenvalue weighted by atomic mass is 16.3. The van der Waals surface area contributed by atoms with Gasteiger partial charge in [-0.25, -0.2) is 0 Å². The molecule has 0 fully saturated rings.